The van der Waals surface area contributed by atoms with Gasteiger partial charge in [0.25, 0.3) is 0 Å². The number of rotatable bonds is 5. The van der Waals surface area contributed by atoms with Gasteiger partial charge in [0, 0.05) is 16.6 Å². The summed E-state index contributed by atoms with van der Waals surface area (Å²) in [4.78, 5) is 10.7. The van der Waals surface area contributed by atoms with Gasteiger partial charge in [-0.15, -0.1) is 0 Å². The van der Waals surface area contributed by atoms with E-state index in [1.54, 1.807) is 0 Å². The summed E-state index contributed by atoms with van der Waals surface area (Å²) < 4.78 is 16.3. The summed E-state index contributed by atoms with van der Waals surface area (Å²) in [5.41, 5.74) is 0.106. The molecule has 1 rings (SSSR count). The van der Waals surface area contributed by atoms with E-state index in [1.165, 1.54) is 12.3 Å². The predicted molar refractivity (Wildman–Crippen MR) is 52.7 cm³/mol. The first-order valence-corrected chi connectivity index (χ1v) is 5.78. The van der Waals surface area contributed by atoms with Crippen molar-refractivity contribution >= 4 is 16.8 Å². The second-order valence-corrected chi connectivity index (χ2v) is 4.43. The molecule has 14 heavy (non-hydrogen) atoms. The summed E-state index contributed by atoms with van der Waals surface area (Å²) in [6.07, 6.45) is 2.12. The highest BCUT2D eigenvalue weighted by atomic mass is 32.2. The molecule has 1 unspecified atom stereocenters. The third-order valence-corrected chi connectivity index (χ3v) is 3.15. The van der Waals surface area contributed by atoms with Crippen LogP contribution in [0.3, 0.4) is 0 Å². The monoisotopic (exact) mass is 216 g/mol. The van der Waals surface area contributed by atoms with Crippen LogP contribution in [0.2, 0.25) is 0 Å². The molecule has 0 spiro atoms. The Morgan fingerprint density at radius 2 is 2.36 bits per heavy atom. The average molecular weight is 216 g/mol. The smallest absolute Gasteiger partial charge is 0.339 e. The standard InChI is InChI=1S/C9H12O4S/c1-2-5-14(12)6-8-7(9(10)11)3-4-13-8/h3-4H,2,5-6H2,1H3,(H,10,11). The van der Waals surface area contributed by atoms with E-state index in [2.05, 4.69) is 0 Å². The van der Waals surface area contributed by atoms with Crippen LogP contribution < -0.4 is 0 Å². The van der Waals surface area contributed by atoms with Crippen molar-refractivity contribution in [2.75, 3.05) is 5.75 Å². The van der Waals surface area contributed by atoms with Crippen molar-refractivity contribution in [3.8, 4) is 0 Å². The topological polar surface area (TPSA) is 67.5 Å². The van der Waals surface area contributed by atoms with Gasteiger partial charge in [-0.05, 0) is 12.5 Å². The molecular formula is C9H12O4S. The average Bonchev–Trinajstić information content (AvgIpc) is 2.52. The van der Waals surface area contributed by atoms with Crippen molar-refractivity contribution in [2.45, 2.75) is 19.1 Å². The fraction of sp³-hybridized carbons (Fsp3) is 0.444. The maximum absolute atomic E-state index is 11.3. The van der Waals surface area contributed by atoms with Gasteiger partial charge in [0.1, 0.15) is 11.3 Å². The molecule has 0 aliphatic rings. The SMILES string of the molecule is CCCS(=O)Cc1occc1C(=O)O. The van der Waals surface area contributed by atoms with Gasteiger partial charge in [-0.1, -0.05) is 6.92 Å². The van der Waals surface area contributed by atoms with E-state index in [1.807, 2.05) is 6.92 Å². The maximum Gasteiger partial charge on any atom is 0.339 e. The first-order valence-electron chi connectivity index (χ1n) is 4.29. The fourth-order valence-electron chi connectivity index (χ4n) is 1.09. The molecule has 1 aromatic heterocycles. The Balaban J connectivity index is 2.71. The molecule has 0 bridgehead atoms. The number of hydrogen-bond donors (Lipinski definition) is 1. The van der Waals surface area contributed by atoms with Gasteiger partial charge in [0.2, 0.25) is 0 Å². The van der Waals surface area contributed by atoms with Crippen LogP contribution in [0, 0.1) is 0 Å². The van der Waals surface area contributed by atoms with E-state index in [4.69, 9.17) is 9.52 Å². The molecule has 5 heteroatoms. The first kappa shape index (κ1) is 11.0. The van der Waals surface area contributed by atoms with Gasteiger partial charge >= 0.3 is 5.97 Å². The van der Waals surface area contributed by atoms with E-state index in [0.717, 1.165) is 6.42 Å². The van der Waals surface area contributed by atoms with E-state index >= 15 is 0 Å². The molecule has 78 valence electrons. The molecule has 1 atom stereocenters. The summed E-state index contributed by atoms with van der Waals surface area (Å²) in [5.74, 6) is 0.00826. The van der Waals surface area contributed by atoms with Crippen molar-refractivity contribution in [1.82, 2.24) is 0 Å². The Morgan fingerprint density at radius 3 is 2.93 bits per heavy atom. The highest BCUT2D eigenvalue weighted by Gasteiger charge is 2.15. The Morgan fingerprint density at radius 1 is 1.64 bits per heavy atom. The van der Waals surface area contributed by atoms with Gasteiger partial charge < -0.3 is 9.52 Å². The van der Waals surface area contributed by atoms with Crippen molar-refractivity contribution in [3.63, 3.8) is 0 Å². The van der Waals surface area contributed by atoms with Crippen molar-refractivity contribution in [1.29, 1.82) is 0 Å². The minimum Gasteiger partial charge on any atom is -0.478 e. The zero-order chi connectivity index (χ0) is 10.6. The summed E-state index contributed by atoms with van der Waals surface area (Å²) in [6.45, 7) is 1.93. The number of aromatic carboxylic acids is 1. The molecule has 0 saturated carbocycles. The van der Waals surface area contributed by atoms with Crippen LogP contribution in [-0.4, -0.2) is 21.0 Å². The van der Waals surface area contributed by atoms with Gasteiger partial charge in [0.05, 0.1) is 12.0 Å². The normalized spacial score (nSPS) is 12.6. The molecule has 0 aliphatic heterocycles. The van der Waals surface area contributed by atoms with Crippen LogP contribution in [-0.2, 0) is 16.6 Å². The Hall–Kier alpha value is -1.10. The highest BCUT2D eigenvalue weighted by molar-refractivity contribution is 7.84. The third-order valence-electron chi connectivity index (χ3n) is 1.70. The van der Waals surface area contributed by atoms with E-state index < -0.39 is 16.8 Å². The molecule has 0 aliphatic carbocycles. The van der Waals surface area contributed by atoms with Crippen molar-refractivity contribution < 1.29 is 18.5 Å². The summed E-state index contributed by atoms with van der Waals surface area (Å²) in [6, 6.07) is 1.38. The lowest BCUT2D eigenvalue weighted by Gasteiger charge is -1.98. The Bertz CT molecular complexity index is 342. The summed E-state index contributed by atoms with van der Waals surface area (Å²) in [7, 11) is -1.03. The molecule has 4 nitrogen and oxygen atoms in total. The minimum atomic E-state index is -1.04. The minimum absolute atomic E-state index is 0.106. The van der Waals surface area contributed by atoms with Crippen LogP contribution in [0.4, 0.5) is 0 Å². The number of hydrogen-bond acceptors (Lipinski definition) is 3. The van der Waals surface area contributed by atoms with E-state index in [9.17, 15) is 9.00 Å². The van der Waals surface area contributed by atoms with Crippen LogP contribution in [0.25, 0.3) is 0 Å². The lowest BCUT2D eigenvalue weighted by molar-refractivity contribution is 0.0695. The number of carbonyl (C=O) groups is 1. The zero-order valence-corrected chi connectivity index (χ0v) is 8.67. The van der Waals surface area contributed by atoms with Crippen LogP contribution >= 0.6 is 0 Å². The van der Waals surface area contributed by atoms with E-state index in [-0.39, 0.29) is 11.3 Å². The van der Waals surface area contributed by atoms with Crippen LogP contribution in [0.15, 0.2) is 16.7 Å². The van der Waals surface area contributed by atoms with Crippen LogP contribution in [0.1, 0.15) is 29.5 Å². The highest BCUT2D eigenvalue weighted by Crippen LogP contribution is 2.13. The molecule has 0 fully saturated rings. The second-order valence-electron chi connectivity index (χ2n) is 2.85. The maximum atomic E-state index is 11.3. The second kappa shape index (κ2) is 4.95. The molecule has 1 N–H and O–H groups in total. The lowest BCUT2D eigenvalue weighted by Crippen LogP contribution is -2.04. The van der Waals surface area contributed by atoms with Crippen molar-refractivity contribution in [2.24, 2.45) is 0 Å². The van der Waals surface area contributed by atoms with E-state index in [0.29, 0.717) is 11.5 Å². The molecule has 0 saturated heterocycles. The summed E-state index contributed by atoms with van der Waals surface area (Å²) >= 11 is 0. The van der Waals surface area contributed by atoms with Gasteiger partial charge in [-0.3, -0.25) is 4.21 Å². The van der Waals surface area contributed by atoms with Gasteiger partial charge in [0.15, 0.2) is 0 Å². The molecule has 1 heterocycles. The predicted octanol–water partition coefficient (Wildman–Crippen LogP) is 1.64. The Kier molecular flexibility index (Phi) is 3.88. The quantitative estimate of drug-likeness (QED) is 0.812. The Labute approximate surface area is 84.4 Å². The van der Waals surface area contributed by atoms with Crippen LogP contribution in [0.5, 0.6) is 0 Å². The third kappa shape index (κ3) is 2.70. The zero-order valence-electron chi connectivity index (χ0n) is 7.86. The summed E-state index contributed by atoms with van der Waals surface area (Å²) in [5, 5.41) is 8.74. The molecule has 0 radical (unpaired) electrons. The molecular weight excluding hydrogens is 204 g/mol. The van der Waals surface area contributed by atoms with Gasteiger partial charge in [-0.2, -0.15) is 0 Å². The number of carboxylic acids is 1. The molecule has 1 aromatic rings. The lowest BCUT2D eigenvalue weighted by atomic mass is 10.3. The number of furan rings is 1. The van der Waals surface area contributed by atoms with Crippen molar-refractivity contribution in [3.05, 3.63) is 23.7 Å². The molecule has 0 amide bonds. The largest absolute Gasteiger partial charge is 0.478 e. The fourth-order valence-corrected chi connectivity index (χ4v) is 2.20. The number of carboxylic acid groups (broad SMARTS) is 1. The molecule has 0 aromatic carbocycles. The van der Waals surface area contributed by atoms with Gasteiger partial charge in [-0.25, -0.2) is 4.79 Å². The first-order chi connectivity index (χ1) is 6.65.